The summed E-state index contributed by atoms with van der Waals surface area (Å²) in [6.45, 7) is 0. The summed E-state index contributed by atoms with van der Waals surface area (Å²) in [7, 11) is 1.70. The van der Waals surface area contributed by atoms with Gasteiger partial charge in [0.05, 0.1) is 0 Å². The predicted octanol–water partition coefficient (Wildman–Crippen LogP) is 4.50. The molecule has 1 heterocycles. The first kappa shape index (κ1) is 13.4. The van der Waals surface area contributed by atoms with E-state index in [2.05, 4.69) is 5.32 Å². The molecule has 0 aliphatic carbocycles. The zero-order valence-electron chi connectivity index (χ0n) is 9.92. The molecule has 2 aromatic rings. The van der Waals surface area contributed by atoms with E-state index in [0.717, 1.165) is 15.0 Å². The Kier molecular flexibility index (Phi) is 3.92. The van der Waals surface area contributed by atoms with Crippen molar-refractivity contribution in [3.63, 3.8) is 0 Å². The molecule has 1 aromatic heterocycles. The molecule has 0 radical (unpaired) electrons. The number of hydrogen-bond acceptors (Lipinski definition) is 2. The number of benzene rings is 1. The lowest BCUT2D eigenvalue weighted by atomic mass is 10.1. The Labute approximate surface area is 108 Å². The SMILES string of the molecule is CNC(CCC(F)(F)F)c1cc2ccccc2s1. The summed E-state index contributed by atoms with van der Waals surface area (Å²) >= 11 is 1.55. The van der Waals surface area contributed by atoms with Crippen LogP contribution >= 0.6 is 11.3 Å². The van der Waals surface area contributed by atoms with Crippen LogP contribution < -0.4 is 5.32 Å². The fourth-order valence-corrected chi connectivity index (χ4v) is 3.12. The molecule has 0 spiro atoms. The summed E-state index contributed by atoms with van der Waals surface area (Å²) in [5, 5.41) is 4.05. The molecule has 1 nitrogen and oxygen atoms in total. The molecular formula is C13H14F3NS. The van der Waals surface area contributed by atoms with Crippen molar-refractivity contribution in [2.45, 2.75) is 25.1 Å². The van der Waals surface area contributed by atoms with Gasteiger partial charge in [-0.25, -0.2) is 0 Å². The Morgan fingerprint density at radius 1 is 1.28 bits per heavy atom. The third kappa shape index (κ3) is 3.23. The Morgan fingerprint density at radius 3 is 2.61 bits per heavy atom. The molecule has 2 rings (SSSR count). The van der Waals surface area contributed by atoms with E-state index in [1.165, 1.54) is 0 Å². The number of thiophene rings is 1. The molecule has 18 heavy (non-hydrogen) atoms. The minimum Gasteiger partial charge on any atom is -0.312 e. The molecule has 1 N–H and O–H groups in total. The molecule has 0 saturated heterocycles. The molecule has 0 amide bonds. The topological polar surface area (TPSA) is 12.0 Å². The molecule has 0 bridgehead atoms. The van der Waals surface area contributed by atoms with Gasteiger partial charge in [-0.2, -0.15) is 13.2 Å². The Balaban J connectivity index is 2.16. The van der Waals surface area contributed by atoms with E-state index < -0.39 is 12.6 Å². The van der Waals surface area contributed by atoms with E-state index in [0.29, 0.717) is 0 Å². The second-order valence-corrected chi connectivity index (χ2v) is 5.30. The summed E-state index contributed by atoms with van der Waals surface area (Å²) in [6, 6.07) is 9.57. The van der Waals surface area contributed by atoms with Gasteiger partial charge in [0.15, 0.2) is 0 Å². The van der Waals surface area contributed by atoms with Crippen molar-refractivity contribution >= 4 is 21.4 Å². The number of alkyl halides is 3. The van der Waals surface area contributed by atoms with Crippen molar-refractivity contribution in [2.24, 2.45) is 0 Å². The van der Waals surface area contributed by atoms with Gasteiger partial charge in [0.1, 0.15) is 0 Å². The monoisotopic (exact) mass is 273 g/mol. The molecule has 5 heteroatoms. The fraction of sp³-hybridized carbons (Fsp3) is 0.385. The minimum absolute atomic E-state index is 0.0762. The number of hydrogen-bond donors (Lipinski definition) is 1. The fourth-order valence-electron chi connectivity index (χ4n) is 1.91. The highest BCUT2D eigenvalue weighted by molar-refractivity contribution is 7.19. The Bertz CT molecular complexity index is 485. The van der Waals surface area contributed by atoms with Crippen molar-refractivity contribution in [1.82, 2.24) is 5.32 Å². The lowest BCUT2D eigenvalue weighted by molar-refractivity contribution is -0.136. The van der Waals surface area contributed by atoms with Gasteiger partial charge in [-0.15, -0.1) is 11.3 Å². The van der Waals surface area contributed by atoms with Gasteiger partial charge in [0.2, 0.25) is 0 Å². The first-order valence-corrected chi connectivity index (χ1v) is 6.54. The van der Waals surface area contributed by atoms with Gasteiger partial charge in [-0.05, 0) is 31.0 Å². The Hall–Kier alpha value is -1.07. The maximum Gasteiger partial charge on any atom is 0.389 e. The molecule has 0 aliphatic heterocycles. The minimum atomic E-state index is -4.09. The van der Waals surface area contributed by atoms with Crippen molar-refractivity contribution in [3.8, 4) is 0 Å². The van der Waals surface area contributed by atoms with Gasteiger partial charge >= 0.3 is 6.18 Å². The summed E-state index contributed by atoms with van der Waals surface area (Å²) in [4.78, 5) is 0.961. The highest BCUT2D eigenvalue weighted by Gasteiger charge is 2.28. The van der Waals surface area contributed by atoms with Crippen molar-refractivity contribution in [1.29, 1.82) is 0 Å². The molecule has 1 aromatic carbocycles. The lowest BCUT2D eigenvalue weighted by Crippen LogP contribution is -2.18. The summed E-state index contributed by atoms with van der Waals surface area (Å²) in [5.41, 5.74) is 0. The average Bonchev–Trinajstić information content (AvgIpc) is 2.71. The maximum absolute atomic E-state index is 12.2. The first-order valence-electron chi connectivity index (χ1n) is 5.72. The van der Waals surface area contributed by atoms with Crippen LogP contribution in [0.4, 0.5) is 13.2 Å². The van der Waals surface area contributed by atoms with Crippen LogP contribution in [-0.2, 0) is 0 Å². The van der Waals surface area contributed by atoms with Crippen LogP contribution in [0.3, 0.4) is 0 Å². The van der Waals surface area contributed by atoms with Crippen molar-refractivity contribution < 1.29 is 13.2 Å². The van der Waals surface area contributed by atoms with E-state index in [-0.39, 0.29) is 12.5 Å². The Morgan fingerprint density at radius 2 is 2.00 bits per heavy atom. The molecule has 0 fully saturated rings. The molecule has 1 unspecified atom stereocenters. The second-order valence-electron chi connectivity index (χ2n) is 4.18. The molecule has 98 valence electrons. The number of halogens is 3. The van der Waals surface area contributed by atoms with Crippen LogP contribution in [0.5, 0.6) is 0 Å². The normalized spacial score (nSPS) is 14.0. The van der Waals surface area contributed by atoms with E-state index in [4.69, 9.17) is 0 Å². The zero-order valence-corrected chi connectivity index (χ0v) is 10.7. The number of rotatable bonds is 4. The van der Waals surface area contributed by atoms with E-state index in [1.807, 2.05) is 30.3 Å². The summed E-state index contributed by atoms with van der Waals surface area (Å²) in [6.07, 6.45) is -4.77. The summed E-state index contributed by atoms with van der Waals surface area (Å²) < 4.78 is 37.9. The van der Waals surface area contributed by atoms with Crippen molar-refractivity contribution in [3.05, 3.63) is 35.2 Å². The van der Waals surface area contributed by atoms with Gasteiger partial charge in [0, 0.05) is 22.0 Å². The van der Waals surface area contributed by atoms with Gasteiger partial charge in [-0.3, -0.25) is 0 Å². The van der Waals surface area contributed by atoms with Crippen LogP contribution in [0.2, 0.25) is 0 Å². The average molecular weight is 273 g/mol. The molecule has 1 atom stereocenters. The smallest absolute Gasteiger partial charge is 0.312 e. The third-order valence-electron chi connectivity index (χ3n) is 2.85. The second kappa shape index (κ2) is 5.28. The van der Waals surface area contributed by atoms with Gasteiger partial charge in [0.25, 0.3) is 0 Å². The number of nitrogens with one attached hydrogen (secondary N) is 1. The largest absolute Gasteiger partial charge is 0.389 e. The van der Waals surface area contributed by atoms with Gasteiger partial charge in [-0.1, -0.05) is 18.2 Å². The van der Waals surface area contributed by atoms with E-state index in [1.54, 1.807) is 18.4 Å². The van der Waals surface area contributed by atoms with Crippen LogP contribution in [0.1, 0.15) is 23.8 Å². The van der Waals surface area contributed by atoms with Crippen molar-refractivity contribution in [2.75, 3.05) is 7.05 Å². The number of fused-ring (bicyclic) bond motifs is 1. The summed E-state index contributed by atoms with van der Waals surface area (Å²) in [5.74, 6) is 0. The maximum atomic E-state index is 12.2. The lowest BCUT2D eigenvalue weighted by Gasteiger charge is -2.15. The predicted molar refractivity (Wildman–Crippen MR) is 68.9 cm³/mol. The van der Waals surface area contributed by atoms with Gasteiger partial charge < -0.3 is 5.32 Å². The van der Waals surface area contributed by atoms with Crippen LogP contribution in [0.25, 0.3) is 10.1 Å². The zero-order chi connectivity index (χ0) is 13.2. The van der Waals surface area contributed by atoms with E-state index >= 15 is 0 Å². The van der Waals surface area contributed by atoms with Crippen LogP contribution in [-0.4, -0.2) is 13.2 Å². The van der Waals surface area contributed by atoms with Crippen LogP contribution in [0, 0.1) is 0 Å². The van der Waals surface area contributed by atoms with Crippen LogP contribution in [0.15, 0.2) is 30.3 Å². The molecule has 0 saturated carbocycles. The quantitative estimate of drug-likeness (QED) is 0.864. The highest BCUT2D eigenvalue weighted by Crippen LogP contribution is 2.33. The third-order valence-corrected chi connectivity index (χ3v) is 4.08. The first-order chi connectivity index (χ1) is 8.49. The molecule has 0 aliphatic rings. The highest BCUT2D eigenvalue weighted by atomic mass is 32.1. The standard InChI is InChI=1S/C13H14F3NS/c1-17-10(6-7-13(14,15)16)12-8-9-4-2-3-5-11(9)18-12/h2-5,8,10,17H,6-7H2,1H3. The molecular weight excluding hydrogens is 259 g/mol. The van der Waals surface area contributed by atoms with E-state index in [9.17, 15) is 13.2 Å².